The number of amides is 1. The van der Waals surface area contributed by atoms with Gasteiger partial charge >= 0.3 is 11.7 Å². The van der Waals surface area contributed by atoms with E-state index in [0.29, 0.717) is 6.07 Å². The minimum Gasteiger partial charge on any atom is -0.480 e. The van der Waals surface area contributed by atoms with Gasteiger partial charge in [-0.15, -0.1) is 0 Å². The van der Waals surface area contributed by atoms with Gasteiger partial charge in [0.2, 0.25) is 5.82 Å². The van der Waals surface area contributed by atoms with Crippen LogP contribution in [-0.4, -0.2) is 27.9 Å². The van der Waals surface area contributed by atoms with Crippen LogP contribution in [0.25, 0.3) is 0 Å². The van der Waals surface area contributed by atoms with Crippen molar-refractivity contribution in [2.45, 2.75) is 13.0 Å². The highest BCUT2D eigenvalue weighted by molar-refractivity contribution is 5.97. The molecule has 0 heterocycles. The third-order valence-electron chi connectivity index (χ3n) is 2.20. The molecule has 19 heavy (non-hydrogen) atoms. The van der Waals surface area contributed by atoms with Gasteiger partial charge < -0.3 is 10.4 Å². The molecule has 0 spiro atoms. The Kier molecular flexibility index (Phi) is 4.10. The van der Waals surface area contributed by atoms with Crippen molar-refractivity contribution in [2.24, 2.45) is 0 Å². The molecule has 0 aromatic heterocycles. The van der Waals surface area contributed by atoms with Crippen LogP contribution in [0, 0.1) is 21.7 Å². The third kappa shape index (κ3) is 3.21. The number of carboxylic acid groups (broad SMARTS) is 1. The second-order valence-corrected chi connectivity index (χ2v) is 3.57. The SMILES string of the molecule is C[C@H](NC(=O)c1cc([N+](=O)[O-])c(F)cc1F)C(=O)O. The molecule has 0 aliphatic rings. The van der Waals surface area contributed by atoms with Crippen molar-refractivity contribution < 1.29 is 28.4 Å². The van der Waals surface area contributed by atoms with Gasteiger partial charge in [-0.3, -0.25) is 19.7 Å². The first-order valence-corrected chi connectivity index (χ1v) is 4.91. The fraction of sp³-hybridized carbons (Fsp3) is 0.200. The summed E-state index contributed by atoms with van der Waals surface area (Å²) in [7, 11) is 0. The predicted octanol–water partition coefficient (Wildman–Crippen LogP) is 1.08. The molecule has 1 rings (SSSR count). The lowest BCUT2D eigenvalue weighted by atomic mass is 10.1. The maximum absolute atomic E-state index is 13.3. The molecule has 0 saturated carbocycles. The number of nitro groups is 1. The fourth-order valence-electron chi connectivity index (χ4n) is 1.19. The van der Waals surface area contributed by atoms with Crippen molar-refractivity contribution >= 4 is 17.6 Å². The molecule has 0 saturated heterocycles. The van der Waals surface area contributed by atoms with Gasteiger partial charge in [0.1, 0.15) is 11.9 Å². The third-order valence-corrected chi connectivity index (χ3v) is 2.20. The summed E-state index contributed by atoms with van der Waals surface area (Å²) in [5.41, 5.74) is -1.88. The Morgan fingerprint density at radius 2 is 1.95 bits per heavy atom. The number of nitrogens with one attached hydrogen (secondary N) is 1. The zero-order chi connectivity index (χ0) is 14.7. The van der Waals surface area contributed by atoms with Crippen LogP contribution >= 0.6 is 0 Å². The first kappa shape index (κ1) is 14.5. The van der Waals surface area contributed by atoms with Gasteiger partial charge in [0.05, 0.1) is 10.5 Å². The maximum Gasteiger partial charge on any atom is 0.325 e. The molecule has 0 aliphatic heterocycles. The molecular weight excluding hydrogens is 266 g/mol. The van der Waals surface area contributed by atoms with Gasteiger partial charge in [0.25, 0.3) is 5.91 Å². The van der Waals surface area contributed by atoms with E-state index in [-0.39, 0.29) is 6.07 Å². The van der Waals surface area contributed by atoms with E-state index in [4.69, 9.17) is 5.11 Å². The first-order valence-electron chi connectivity index (χ1n) is 4.91. The molecule has 2 N–H and O–H groups in total. The van der Waals surface area contributed by atoms with Crippen molar-refractivity contribution in [3.05, 3.63) is 39.4 Å². The van der Waals surface area contributed by atoms with Crippen molar-refractivity contribution in [3.63, 3.8) is 0 Å². The van der Waals surface area contributed by atoms with Gasteiger partial charge in [-0.1, -0.05) is 0 Å². The van der Waals surface area contributed by atoms with E-state index < -0.39 is 45.7 Å². The zero-order valence-corrected chi connectivity index (χ0v) is 9.52. The molecule has 0 fully saturated rings. The maximum atomic E-state index is 13.3. The van der Waals surface area contributed by atoms with Gasteiger partial charge in [0, 0.05) is 12.1 Å². The number of halogens is 2. The van der Waals surface area contributed by atoms with Crippen LogP contribution < -0.4 is 5.32 Å². The lowest BCUT2D eigenvalue weighted by Gasteiger charge is -2.09. The Morgan fingerprint density at radius 3 is 2.42 bits per heavy atom. The van der Waals surface area contributed by atoms with E-state index >= 15 is 0 Å². The van der Waals surface area contributed by atoms with E-state index in [0.717, 1.165) is 6.92 Å². The Bertz CT molecular complexity index is 561. The number of benzene rings is 1. The molecular formula is C10H8F2N2O5. The number of nitrogens with zero attached hydrogens (tertiary/aromatic N) is 1. The average Bonchev–Trinajstić information content (AvgIpc) is 2.27. The smallest absolute Gasteiger partial charge is 0.325 e. The van der Waals surface area contributed by atoms with Crippen molar-refractivity contribution in [2.75, 3.05) is 0 Å². The average molecular weight is 274 g/mol. The predicted molar refractivity (Wildman–Crippen MR) is 57.6 cm³/mol. The molecule has 0 aliphatic carbocycles. The molecule has 1 amide bonds. The van der Waals surface area contributed by atoms with Crippen LogP contribution in [0.5, 0.6) is 0 Å². The van der Waals surface area contributed by atoms with E-state index in [9.17, 15) is 28.5 Å². The zero-order valence-electron chi connectivity index (χ0n) is 9.52. The number of rotatable bonds is 4. The summed E-state index contributed by atoms with van der Waals surface area (Å²) in [6.07, 6.45) is 0. The number of hydrogen-bond donors (Lipinski definition) is 2. The second-order valence-electron chi connectivity index (χ2n) is 3.57. The van der Waals surface area contributed by atoms with Gasteiger partial charge in [0.15, 0.2) is 0 Å². The highest BCUT2D eigenvalue weighted by Gasteiger charge is 2.24. The minimum atomic E-state index is -1.43. The molecule has 102 valence electrons. The van der Waals surface area contributed by atoms with Gasteiger partial charge in [-0.25, -0.2) is 4.39 Å². The van der Waals surface area contributed by atoms with Crippen LogP contribution in [0.1, 0.15) is 17.3 Å². The molecule has 0 bridgehead atoms. The number of carbonyl (C=O) groups excluding carboxylic acids is 1. The molecule has 7 nitrogen and oxygen atoms in total. The Balaban J connectivity index is 3.13. The number of carboxylic acids is 1. The lowest BCUT2D eigenvalue weighted by Crippen LogP contribution is -2.38. The van der Waals surface area contributed by atoms with Crippen molar-refractivity contribution in [1.82, 2.24) is 5.32 Å². The molecule has 9 heteroatoms. The molecule has 0 radical (unpaired) electrons. The van der Waals surface area contributed by atoms with E-state index in [1.165, 1.54) is 0 Å². The quantitative estimate of drug-likeness (QED) is 0.630. The van der Waals surface area contributed by atoms with E-state index in [1.54, 1.807) is 0 Å². The van der Waals surface area contributed by atoms with Gasteiger partial charge in [-0.2, -0.15) is 4.39 Å². The summed E-state index contributed by atoms with van der Waals surface area (Å²) < 4.78 is 26.4. The highest BCUT2D eigenvalue weighted by atomic mass is 19.1. The minimum absolute atomic E-state index is 0.193. The Morgan fingerprint density at radius 1 is 1.37 bits per heavy atom. The Hall–Kier alpha value is -2.58. The summed E-state index contributed by atoms with van der Waals surface area (Å²) in [4.78, 5) is 31.3. The van der Waals surface area contributed by atoms with Crippen molar-refractivity contribution in [1.29, 1.82) is 0 Å². The van der Waals surface area contributed by atoms with Crippen LogP contribution in [0.2, 0.25) is 0 Å². The normalized spacial score (nSPS) is 11.7. The fourth-order valence-corrected chi connectivity index (χ4v) is 1.19. The summed E-state index contributed by atoms with van der Waals surface area (Å²) in [5.74, 6) is -5.30. The summed E-state index contributed by atoms with van der Waals surface area (Å²) in [5, 5.41) is 20.9. The van der Waals surface area contributed by atoms with E-state index in [1.807, 2.05) is 5.32 Å². The van der Waals surface area contributed by atoms with Crippen LogP contribution in [-0.2, 0) is 4.79 Å². The molecule has 1 atom stereocenters. The van der Waals surface area contributed by atoms with Crippen LogP contribution in [0.4, 0.5) is 14.5 Å². The standard InChI is InChI=1S/C10H8F2N2O5/c1-4(10(16)17)13-9(15)5-2-8(14(18)19)7(12)3-6(5)11/h2-4H,1H3,(H,13,15)(H,16,17)/t4-/m0/s1. The number of nitro benzene ring substituents is 1. The van der Waals surface area contributed by atoms with E-state index in [2.05, 4.69) is 0 Å². The largest absolute Gasteiger partial charge is 0.480 e. The monoisotopic (exact) mass is 274 g/mol. The highest BCUT2D eigenvalue weighted by Crippen LogP contribution is 2.21. The van der Waals surface area contributed by atoms with Crippen LogP contribution in [0.3, 0.4) is 0 Å². The summed E-state index contributed by atoms with van der Waals surface area (Å²) >= 11 is 0. The van der Waals surface area contributed by atoms with Crippen molar-refractivity contribution in [3.8, 4) is 0 Å². The topological polar surface area (TPSA) is 110 Å². The van der Waals surface area contributed by atoms with Crippen LogP contribution in [0.15, 0.2) is 12.1 Å². The number of aliphatic carboxylic acids is 1. The summed E-state index contributed by atoms with van der Waals surface area (Å²) in [6, 6.07) is -0.719. The number of carbonyl (C=O) groups is 2. The molecule has 1 aromatic rings. The molecule has 0 unspecified atom stereocenters. The Labute approximate surface area is 105 Å². The summed E-state index contributed by atoms with van der Waals surface area (Å²) in [6.45, 7) is 1.12. The second kappa shape index (κ2) is 5.38. The van der Waals surface area contributed by atoms with Gasteiger partial charge in [-0.05, 0) is 6.92 Å². The molecule has 1 aromatic carbocycles. The lowest BCUT2D eigenvalue weighted by molar-refractivity contribution is -0.387. The number of hydrogen-bond acceptors (Lipinski definition) is 4. The first-order chi connectivity index (χ1) is 8.73.